The maximum Gasteiger partial charge on any atom is 0.357 e. The lowest BCUT2D eigenvalue weighted by molar-refractivity contribution is 0.214. The monoisotopic (exact) mass is 439 g/mol. The molecule has 4 nitrogen and oxygen atoms in total. The number of halogens is 1. The number of hydrogen-bond donors (Lipinski definition) is 1. The van der Waals surface area contributed by atoms with Crippen molar-refractivity contribution in [2.45, 2.75) is 39.4 Å². The van der Waals surface area contributed by atoms with Crippen molar-refractivity contribution in [2.24, 2.45) is 0 Å². The first-order valence-electron chi connectivity index (χ1n) is 8.90. The van der Waals surface area contributed by atoms with Crippen LogP contribution in [-0.4, -0.2) is 13.2 Å². The molecule has 1 N–H and O–H groups in total. The molecule has 0 saturated carbocycles. The van der Waals surface area contributed by atoms with Crippen LogP contribution in [0.15, 0.2) is 53.0 Å². The van der Waals surface area contributed by atoms with Crippen molar-refractivity contribution in [3.63, 3.8) is 0 Å². The molecular formula is C20H27BrNO3P. The molecular weight excluding hydrogens is 413 g/mol. The first-order valence-corrected chi connectivity index (χ1v) is 11.3. The van der Waals surface area contributed by atoms with Crippen molar-refractivity contribution in [1.82, 2.24) is 0 Å². The average molecular weight is 440 g/mol. The minimum absolute atomic E-state index is 0.318. The van der Waals surface area contributed by atoms with E-state index < -0.39 is 13.4 Å². The van der Waals surface area contributed by atoms with Crippen LogP contribution in [0.3, 0.4) is 0 Å². The van der Waals surface area contributed by atoms with Gasteiger partial charge >= 0.3 is 7.60 Å². The van der Waals surface area contributed by atoms with Crippen LogP contribution in [0.2, 0.25) is 0 Å². The van der Waals surface area contributed by atoms with E-state index in [0.717, 1.165) is 15.7 Å². The van der Waals surface area contributed by atoms with Gasteiger partial charge < -0.3 is 14.4 Å². The third-order valence-corrected chi connectivity index (χ3v) is 6.83. The predicted molar refractivity (Wildman–Crippen MR) is 112 cm³/mol. The Hall–Kier alpha value is -1.13. The second-order valence-electron chi connectivity index (χ2n) is 6.25. The largest absolute Gasteiger partial charge is 0.368 e. The fourth-order valence-corrected chi connectivity index (χ4v) is 4.86. The standard InChI is InChI=1S/C20H27BrNO3P/c1-5-24-26(23,25-6-2)20(17-7-11-18(21)12-8-17)22-19-13-9-16(10-14-19)15(3)4/h7-15,20,22H,5-6H2,1-4H3/t20-/m1/s1. The quantitative estimate of drug-likeness (QED) is 0.429. The molecule has 0 saturated heterocycles. The summed E-state index contributed by atoms with van der Waals surface area (Å²) in [7, 11) is -3.39. The van der Waals surface area contributed by atoms with Gasteiger partial charge in [-0.15, -0.1) is 0 Å². The van der Waals surface area contributed by atoms with Gasteiger partial charge in [-0.05, 0) is 55.2 Å². The number of benzene rings is 2. The maximum absolute atomic E-state index is 13.5. The number of hydrogen-bond acceptors (Lipinski definition) is 4. The maximum atomic E-state index is 13.5. The van der Waals surface area contributed by atoms with E-state index in [4.69, 9.17) is 9.05 Å². The van der Waals surface area contributed by atoms with Crippen molar-refractivity contribution in [3.8, 4) is 0 Å². The second kappa shape index (κ2) is 9.70. The smallest absolute Gasteiger partial charge is 0.357 e. The summed E-state index contributed by atoms with van der Waals surface area (Å²) in [5, 5.41) is 3.36. The lowest BCUT2D eigenvalue weighted by Crippen LogP contribution is -2.15. The molecule has 0 fully saturated rings. The summed E-state index contributed by atoms with van der Waals surface area (Å²) in [6.07, 6.45) is 0. The van der Waals surface area contributed by atoms with Gasteiger partial charge in [0.15, 0.2) is 5.78 Å². The molecule has 0 heterocycles. The molecule has 26 heavy (non-hydrogen) atoms. The number of nitrogens with one attached hydrogen (secondary N) is 1. The van der Waals surface area contributed by atoms with E-state index in [1.54, 1.807) is 0 Å². The van der Waals surface area contributed by atoms with Crippen LogP contribution in [0.25, 0.3) is 0 Å². The minimum Gasteiger partial charge on any atom is -0.368 e. The zero-order valence-electron chi connectivity index (χ0n) is 15.7. The molecule has 0 radical (unpaired) electrons. The van der Waals surface area contributed by atoms with Crippen molar-refractivity contribution < 1.29 is 13.6 Å². The van der Waals surface area contributed by atoms with E-state index in [-0.39, 0.29) is 0 Å². The molecule has 2 aromatic rings. The van der Waals surface area contributed by atoms with Crippen LogP contribution in [0, 0.1) is 0 Å². The van der Waals surface area contributed by atoms with Gasteiger partial charge in [-0.3, -0.25) is 4.57 Å². The Labute approximate surface area is 165 Å². The highest BCUT2D eigenvalue weighted by Gasteiger charge is 2.37. The van der Waals surface area contributed by atoms with Gasteiger partial charge in [0.25, 0.3) is 0 Å². The topological polar surface area (TPSA) is 47.6 Å². The third-order valence-electron chi connectivity index (χ3n) is 4.00. The molecule has 2 rings (SSSR count). The predicted octanol–water partition coefficient (Wildman–Crippen LogP) is 6.95. The van der Waals surface area contributed by atoms with Gasteiger partial charge in [0.05, 0.1) is 13.2 Å². The Bertz CT molecular complexity index is 722. The summed E-state index contributed by atoms with van der Waals surface area (Å²) in [5.41, 5.74) is 2.99. The fourth-order valence-electron chi connectivity index (χ4n) is 2.66. The van der Waals surface area contributed by atoms with Gasteiger partial charge in [0.1, 0.15) is 0 Å². The second-order valence-corrected chi connectivity index (χ2v) is 9.28. The molecule has 6 heteroatoms. The third kappa shape index (κ3) is 5.43. The van der Waals surface area contributed by atoms with Gasteiger partial charge in [-0.2, -0.15) is 0 Å². The summed E-state index contributed by atoms with van der Waals surface area (Å²) in [5.74, 6) is -0.121. The molecule has 142 valence electrons. The van der Waals surface area contributed by atoms with Crippen LogP contribution in [0.1, 0.15) is 50.5 Å². The van der Waals surface area contributed by atoms with E-state index in [2.05, 4.69) is 47.2 Å². The minimum atomic E-state index is -3.39. The van der Waals surface area contributed by atoms with Crippen molar-refractivity contribution in [1.29, 1.82) is 0 Å². The molecule has 0 aliphatic heterocycles. The van der Waals surface area contributed by atoms with Gasteiger partial charge in [-0.1, -0.05) is 54.0 Å². The molecule has 0 bridgehead atoms. The molecule has 2 aromatic carbocycles. The van der Waals surface area contributed by atoms with E-state index in [1.807, 2.05) is 50.2 Å². The Kier molecular flexibility index (Phi) is 7.90. The van der Waals surface area contributed by atoms with Crippen LogP contribution in [0.5, 0.6) is 0 Å². The summed E-state index contributed by atoms with van der Waals surface area (Å²) >= 11 is 3.44. The van der Waals surface area contributed by atoms with Crippen LogP contribution in [-0.2, 0) is 13.6 Å². The Morgan fingerprint density at radius 1 is 0.923 bits per heavy atom. The molecule has 0 unspecified atom stereocenters. The first kappa shape index (κ1) is 21.2. The Balaban J connectivity index is 2.39. The van der Waals surface area contributed by atoms with E-state index >= 15 is 0 Å². The fraction of sp³-hybridized carbons (Fsp3) is 0.400. The number of rotatable bonds is 9. The zero-order valence-corrected chi connectivity index (χ0v) is 18.2. The highest BCUT2D eigenvalue weighted by molar-refractivity contribution is 9.10. The summed E-state index contributed by atoms with van der Waals surface area (Å²) < 4.78 is 25.6. The molecule has 1 atom stereocenters. The Morgan fingerprint density at radius 3 is 1.88 bits per heavy atom. The summed E-state index contributed by atoms with van der Waals surface area (Å²) in [4.78, 5) is 0. The number of anilines is 1. The van der Waals surface area contributed by atoms with Crippen LogP contribution >= 0.6 is 23.5 Å². The Morgan fingerprint density at radius 2 is 1.42 bits per heavy atom. The molecule has 0 aromatic heterocycles. The average Bonchev–Trinajstić information content (AvgIpc) is 2.61. The van der Waals surface area contributed by atoms with Gasteiger partial charge in [-0.25, -0.2) is 0 Å². The summed E-state index contributed by atoms with van der Waals surface area (Å²) in [6, 6.07) is 15.9. The van der Waals surface area contributed by atoms with Crippen molar-refractivity contribution >= 4 is 29.2 Å². The lowest BCUT2D eigenvalue weighted by Gasteiger charge is -2.28. The van der Waals surface area contributed by atoms with E-state index in [1.165, 1.54) is 5.56 Å². The highest BCUT2D eigenvalue weighted by atomic mass is 79.9. The summed E-state index contributed by atoms with van der Waals surface area (Å²) in [6.45, 7) is 8.59. The van der Waals surface area contributed by atoms with Crippen molar-refractivity contribution in [2.75, 3.05) is 18.5 Å². The van der Waals surface area contributed by atoms with Gasteiger partial charge in [0.2, 0.25) is 0 Å². The van der Waals surface area contributed by atoms with Gasteiger partial charge in [0, 0.05) is 10.2 Å². The first-order chi connectivity index (χ1) is 12.4. The van der Waals surface area contributed by atoms with Crippen molar-refractivity contribution in [3.05, 3.63) is 64.1 Å². The molecule has 0 aliphatic carbocycles. The lowest BCUT2D eigenvalue weighted by atomic mass is 10.0. The highest BCUT2D eigenvalue weighted by Crippen LogP contribution is 2.60. The van der Waals surface area contributed by atoms with Crippen LogP contribution < -0.4 is 5.32 Å². The molecule has 0 aliphatic rings. The van der Waals surface area contributed by atoms with Crippen LogP contribution in [0.4, 0.5) is 5.69 Å². The van der Waals surface area contributed by atoms with E-state index in [9.17, 15) is 4.57 Å². The van der Waals surface area contributed by atoms with E-state index in [0.29, 0.717) is 19.1 Å². The zero-order chi connectivity index (χ0) is 19.2. The SMILES string of the molecule is CCOP(=O)(OCC)[C@@H](Nc1ccc(C(C)C)cc1)c1ccc(Br)cc1. The molecule has 0 spiro atoms. The normalized spacial score (nSPS) is 13.0. The molecule has 0 amide bonds.